The van der Waals surface area contributed by atoms with Gasteiger partial charge in [-0.25, -0.2) is 0 Å². The van der Waals surface area contributed by atoms with Gasteiger partial charge in [0.1, 0.15) is 11.5 Å². The van der Waals surface area contributed by atoms with Crippen LogP contribution in [-0.4, -0.2) is 11.1 Å². The van der Waals surface area contributed by atoms with Crippen molar-refractivity contribution in [2.75, 3.05) is 0 Å². The first kappa shape index (κ1) is 17.5. The molecule has 2 aromatic carbocycles. The highest BCUT2D eigenvalue weighted by atomic mass is 16.5. The molecule has 3 heteroatoms. The molecule has 0 unspecified atom stereocenters. The summed E-state index contributed by atoms with van der Waals surface area (Å²) >= 11 is 0. The largest absolute Gasteiger partial charge is 0.508 e. The molecule has 0 aliphatic heterocycles. The van der Waals surface area contributed by atoms with Gasteiger partial charge >= 0.3 is 5.97 Å². The van der Waals surface area contributed by atoms with E-state index in [1.807, 2.05) is 31.2 Å². The van der Waals surface area contributed by atoms with E-state index in [0.29, 0.717) is 12.2 Å². The van der Waals surface area contributed by atoms with E-state index in [0.717, 1.165) is 18.4 Å². The molecule has 0 amide bonds. The van der Waals surface area contributed by atoms with Gasteiger partial charge in [-0.1, -0.05) is 45.9 Å². The van der Waals surface area contributed by atoms with Gasteiger partial charge in [-0.15, -0.1) is 0 Å². The Morgan fingerprint density at radius 2 is 1.76 bits per heavy atom. The second-order valence-electron chi connectivity index (χ2n) is 7.87. The average molecular weight is 338 g/mol. The molecule has 0 spiro atoms. The number of aromatic hydroxyl groups is 1. The molecule has 0 aromatic heterocycles. The Morgan fingerprint density at radius 1 is 1.08 bits per heavy atom. The van der Waals surface area contributed by atoms with Crippen molar-refractivity contribution in [1.29, 1.82) is 0 Å². The topological polar surface area (TPSA) is 46.5 Å². The highest BCUT2D eigenvalue weighted by Gasteiger charge is 2.45. The molecular weight excluding hydrogens is 312 g/mol. The second kappa shape index (κ2) is 6.21. The van der Waals surface area contributed by atoms with Gasteiger partial charge < -0.3 is 9.84 Å². The number of hydrogen-bond donors (Lipinski definition) is 1. The molecule has 0 radical (unpaired) electrons. The second-order valence-corrected chi connectivity index (χ2v) is 7.87. The summed E-state index contributed by atoms with van der Waals surface area (Å²) in [7, 11) is 0. The number of hydrogen-bond acceptors (Lipinski definition) is 3. The van der Waals surface area contributed by atoms with E-state index < -0.39 is 0 Å². The van der Waals surface area contributed by atoms with E-state index in [-0.39, 0.29) is 22.5 Å². The third-order valence-corrected chi connectivity index (χ3v) is 5.30. The summed E-state index contributed by atoms with van der Waals surface area (Å²) in [6.45, 7) is 8.69. The predicted octanol–water partition coefficient (Wildman–Crippen LogP) is 5.09. The molecule has 0 heterocycles. The van der Waals surface area contributed by atoms with E-state index in [2.05, 4.69) is 26.8 Å². The van der Waals surface area contributed by atoms with Crippen LogP contribution >= 0.6 is 0 Å². The number of carbonyl (C=O) groups is 1. The van der Waals surface area contributed by atoms with Crippen LogP contribution in [0.1, 0.15) is 63.6 Å². The van der Waals surface area contributed by atoms with Crippen LogP contribution in [0.25, 0.3) is 0 Å². The normalized spacial score (nSPS) is 21.0. The van der Waals surface area contributed by atoms with Crippen LogP contribution < -0.4 is 4.74 Å². The SMILES string of the molecule is CCCC(=O)Oc1ccc2c(c1)[C@@](C)(c1ccc(O)cc1)CC2(C)C. The Kier molecular flexibility index (Phi) is 4.36. The summed E-state index contributed by atoms with van der Waals surface area (Å²) < 4.78 is 5.52. The Labute approximate surface area is 149 Å². The Hall–Kier alpha value is -2.29. The number of carbonyl (C=O) groups excluding carboxylic acids is 1. The van der Waals surface area contributed by atoms with Crippen LogP contribution in [0.4, 0.5) is 0 Å². The third kappa shape index (κ3) is 3.15. The van der Waals surface area contributed by atoms with Crippen molar-refractivity contribution >= 4 is 5.97 Å². The van der Waals surface area contributed by atoms with E-state index >= 15 is 0 Å². The van der Waals surface area contributed by atoms with Crippen LogP contribution in [0.15, 0.2) is 42.5 Å². The molecule has 132 valence electrons. The molecule has 3 rings (SSSR count). The Morgan fingerprint density at radius 3 is 2.40 bits per heavy atom. The van der Waals surface area contributed by atoms with E-state index in [1.165, 1.54) is 11.1 Å². The summed E-state index contributed by atoms with van der Waals surface area (Å²) in [4.78, 5) is 11.9. The summed E-state index contributed by atoms with van der Waals surface area (Å²) in [6, 6.07) is 13.4. The molecule has 1 aliphatic rings. The summed E-state index contributed by atoms with van der Waals surface area (Å²) in [5.74, 6) is 0.693. The lowest BCUT2D eigenvalue weighted by Gasteiger charge is -2.28. The van der Waals surface area contributed by atoms with E-state index in [4.69, 9.17) is 4.74 Å². The Balaban J connectivity index is 2.05. The number of rotatable bonds is 4. The molecule has 1 atom stereocenters. The molecule has 1 aliphatic carbocycles. The minimum atomic E-state index is -0.189. The summed E-state index contributed by atoms with van der Waals surface area (Å²) in [6.07, 6.45) is 2.17. The minimum absolute atomic E-state index is 0.0356. The van der Waals surface area contributed by atoms with Gasteiger partial charge in [0, 0.05) is 11.8 Å². The van der Waals surface area contributed by atoms with Crippen molar-refractivity contribution in [3.8, 4) is 11.5 Å². The Bertz CT molecular complexity index is 789. The van der Waals surface area contributed by atoms with Crippen molar-refractivity contribution in [2.24, 2.45) is 0 Å². The maximum absolute atomic E-state index is 11.9. The first-order chi connectivity index (χ1) is 11.8. The van der Waals surface area contributed by atoms with Gasteiger partial charge in [0.15, 0.2) is 0 Å². The lowest BCUT2D eigenvalue weighted by Crippen LogP contribution is -2.23. The number of ether oxygens (including phenoxy) is 1. The van der Waals surface area contributed by atoms with Crippen molar-refractivity contribution in [3.05, 3.63) is 59.2 Å². The predicted molar refractivity (Wildman–Crippen MR) is 99.2 cm³/mol. The molecule has 25 heavy (non-hydrogen) atoms. The highest BCUT2D eigenvalue weighted by Crippen LogP contribution is 2.53. The monoisotopic (exact) mass is 338 g/mol. The molecule has 0 saturated carbocycles. The maximum atomic E-state index is 11.9. The van der Waals surface area contributed by atoms with E-state index in [9.17, 15) is 9.90 Å². The van der Waals surface area contributed by atoms with Crippen molar-refractivity contribution in [2.45, 2.75) is 57.8 Å². The van der Waals surface area contributed by atoms with Crippen molar-refractivity contribution < 1.29 is 14.6 Å². The molecule has 0 bridgehead atoms. The fourth-order valence-electron chi connectivity index (χ4n) is 4.18. The first-order valence-corrected chi connectivity index (χ1v) is 8.91. The van der Waals surface area contributed by atoms with Gasteiger partial charge in [-0.3, -0.25) is 4.79 Å². The molecule has 1 N–H and O–H groups in total. The van der Waals surface area contributed by atoms with Crippen LogP contribution in [0.5, 0.6) is 11.5 Å². The summed E-state index contributed by atoms with van der Waals surface area (Å²) in [5.41, 5.74) is 3.51. The molecule has 0 fully saturated rings. The van der Waals surface area contributed by atoms with Crippen LogP contribution in [-0.2, 0) is 15.6 Å². The zero-order chi connectivity index (χ0) is 18.2. The van der Waals surface area contributed by atoms with Crippen molar-refractivity contribution in [3.63, 3.8) is 0 Å². The standard InChI is InChI=1S/C22H26O3/c1-5-6-20(24)25-17-11-12-18-19(13-17)22(4,14-21(18,2)3)15-7-9-16(23)10-8-15/h7-13,23H,5-6,14H2,1-4H3/t22-/m1/s1. The van der Waals surface area contributed by atoms with Crippen molar-refractivity contribution in [1.82, 2.24) is 0 Å². The lowest BCUT2D eigenvalue weighted by atomic mass is 9.75. The highest BCUT2D eigenvalue weighted by molar-refractivity contribution is 5.72. The van der Waals surface area contributed by atoms with Gasteiger partial charge in [0.05, 0.1) is 0 Å². The average Bonchev–Trinajstić information content (AvgIpc) is 2.75. The molecular formula is C22H26O3. The smallest absolute Gasteiger partial charge is 0.311 e. The van der Waals surface area contributed by atoms with Gasteiger partial charge in [0.25, 0.3) is 0 Å². The number of benzene rings is 2. The fourth-order valence-corrected chi connectivity index (χ4v) is 4.18. The maximum Gasteiger partial charge on any atom is 0.311 e. The number of esters is 1. The fraction of sp³-hybridized carbons (Fsp3) is 0.409. The number of fused-ring (bicyclic) bond motifs is 1. The minimum Gasteiger partial charge on any atom is -0.508 e. The molecule has 2 aromatic rings. The third-order valence-electron chi connectivity index (χ3n) is 5.30. The van der Waals surface area contributed by atoms with Crippen LogP contribution in [0.2, 0.25) is 0 Å². The van der Waals surface area contributed by atoms with E-state index in [1.54, 1.807) is 12.1 Å². The zero-order valence-corrected chi connectivity index (χ0v) is 15.4. The number of phenolic OH excluding ortho intramolecular Hbond substituents is 1. The van der Waals surface area contributed by atoms with Gasteiger partial charge in [0.2, 0.25) is 0 Å². The number of phenols is 1. The van der Waals surface area contributed by atoms with Crippen LogP contribution in [0, 0.1) is 0 Å². The van der Waals surface area contributed by atoms with Gasteiger partial charge in [-0.2, -0.15) is 0 Å². The molecule has 0 saturated heterocycles. The molecule has 3 nitrogen and oxygen atoms in total. The van der Waals surface area contributed by atoms with Gasteiger partial charge in [-0.05, 0) is 59.2 Å². The first-order valence-electron chi connectivity index (χ1n) is 8.91. The van der Waals surface area contributed by atoms with Crippen LogP contribution in [0.3, 0.4) is 0 Å². The summed E-state index contributed by atoms with van der Waals surface area (Å²) in [5, 5.41) is 9.62. The lowest BCUT2D eigenvalue weighted by molar-refractivity contribution is -0.134. The zero-order valence-electron chi connectivity index (χ0n) is 15.4. The quantitative estimate of drug-likeness (QED) is 0.624.